The summed E-state index contributed by atoms with van der Waals surface area (Å²) in [4.78, 5) is 16.4. The van der Waals surface area contributed by atoms with E-state index >= 15 is 0 Å². The van der Waals surface area contributed by atoms with Gasteiger partial charge in [0.2, 0.25) is 0 Å². The molecule has 1 heterocycles. The summed E-state index contributed by atoms with van der Waals surface area (Å²) in [6, 6.07) is 13.8. The second-order valence-electron chi connectivity index (χ2n) is 10.6. The summed E-state index contributed by atoms with van der Waals surface area (Å²) < 4.78 is 16.3. The van der Waals surface area contributed by atoms with E-state index < -0.39 is 0 Å². The van der Waals surface area contributed by atoms with Crippen LogP contribution in [0.1, 0.15) is 99.5 Å². The van der Waals surface area contributed by atoms with Crippen LogP contribution in [-0.4, -0.2) is 15.9 Å². The molecule has 1 aromatic heterocycles. The van der Waals surface area contributed by atoms with Gasteiger partial charge in [-0.05, 0) is 59.7 Å². The summed E-state index contributed by atoms with van der Waals surface area (Å²) in [5.74, 6) is 0.823. The number of ketones is 1. The predicted octanol–water partition coefficient (Wildman–Crippen LogP) is 9.70. The van der Waals surface area contributed by atoms with Gasteiger partial charge < -0.3 is 10.1 Å². The quantitative estimate of drug-likeness (QED) is 0.138. The molecule has 3 nitrogen and oxygen atoms in total. The first-order chi connectivity index (χ1) is 18.3. The van der Waals surface area contributed by atoms with Gasteiger partial charge in [-0.3, -0.25) is 4.79 Å². The van der Waals surface area contributed by atoms with Gasteiger partial charge in [-0.25, -0.2) is 0 Å². The molecule has 0 aliphatic heterocycles. The fraction of sp³-hybridized carbons (Fsp3) is 0.471. The van der Waals surface area contributed by atoms with E-state index in [-0.39, 0.29) is 55.2 Å². The van der Waals surface area contributed by atoms with Gasteiger partial charge in [0.05, 0.1) is 8.50 Å². The van der Waals surface area contributed by atoms with Crippen molar-refractivity contribution in [3.05, 3.63) is 77.1 Å². The number of carbonyl (C=O) groups excluding carboxylic acids is 1. The normalized spacial score (nSPS) is 12.6. The van der Waals surface area contributed by atoms with E-state index in [1.165, 1.54) is 11.6 Å². The maximum Gasteiger partial charge on any atom is 0.164 e. The fourth-order valence-electron chi connectivity index (χ4n) is 4.40. The number of allylic oxidation sites excluding steroid dienone is 2. The number of pyridine rings is 1. The van der Waals surface area contributed by atoms with Crippen LogP contribution in [0, 0.1) is 31.2 Å². The summed E-state index contributed by atoms with van der Waals surface area (Å²) in [7, 11) is 0. The molecule has 2 aromatic carbocycles. The molecule has 0 aliphatic rings. The number of fused-ring (bicyclic) bond motifs is 1. The number of benzene rings is 2. The third-order valence-corrected chi connectivity index (χ3v) is 7.57. The number of aromatic nitrogens is 1. The molecule has 0 aliphatic carbocycles. The Morgan fingerprint density at radius 1 is 1.11 bits per heavy atom. The second kappa shape index (κ2) is 15.3. The van der Waals surface area contributed by atoms with E-state index in [4.69, 9.17) is 2.74 Å². The number of carbonyl (C=O) groups is 1. The van der Waals surface area contributed by atoms with Gasteiger partial charge in [0.15, 0.2) is 5.78 Å². The zero-order valence-electron chi connectivity index (χ0n) is 26.6. The van der Waals surface area contributed by atoms with E-state index in [1.807, 2.05) is 66.7 Å². The Kier molecular flexibility index (Phi) is 12.2. The van der Waals surface area contributed by atoms with Crippen LogP contribution < -0.4 is 0 Å². The number of nitrogens with zero attached hydrogens (tertiary/aromatic N) is 1. The molecule has 3 rings (SSSR count). The van der Waals surface area contributed by atoms with Crippen molar-refractivity contribution in [2.24, 2.45) is 11.3 Å². The van der Waals surface area contributed by atoms with Crippen LogP contribution in [-0.2, 0) is 24.9 Å². The zero-order valence-corrected chi connectivity index (χ0v) is 27.0. The third kappa shape index (κ3) is 8.61. The molecule has 0 unspecified atom stereocenters. The van der Waals surface area contributed by atoms with Crippen LogP contribution in [0.25, 0.3) is 22.0 Å². The summed E-state index contributed by atoms with van der Waals surface area (Å²) in [6.45, 7) is 18.4. The minimum Gasteiger partial charge on any atom is -0.512 e. The number of hydrogen-bond donors (Lipinski definition) is 1. The van der Waals surface area contributed by atoms with Gasteiger partial charge in [0.1, 0.15) is 0 Å². The monoisotopic (exact) mass is 695 g/mol. The van der Waals surface area contributed by atoms with Crippen molar-refractivity contribution in [2.75, 3.05) is 0 Å². The molecule has 0 fully saturated rings. The topological polar surface area (TPSA) is 50.2 Å². The molecule has 1 N–H and O–H groups in total. The number of rotatable bonds is 9. The Morgan fingerprint density at radius 3 is 2.26 bits per heavy atom. The molecule has 38 heavy (non-hydrogen) atoms. The second-order valence-corrected chi connectivity index (χ2v) is 10.6. The summed E-state index contributed by atoms with van der Waals surface area (Å²) in [5.41, 5.74) is 4.68. The van der Waals surface area contributed by atoms with E-state index in [9.17, 15) is 9.90 Å². The van der Waals surface area contributed by atoms with Crippen molar-refractivity contribution in [3.63, 3.8) is 0 Å². The van der Waals surface area contributed by atoms with E-state index in [0.717, 1.165) is 58.8 Å². The summed E-state index contributed by atoms with van der Waals surface area (Å²) >= 11 is 0. The Bertz CT molecular complexity index is 1310. The average Bonchev–Trinajstić information content (AvgIpc) is 2.90. The number of aliphatic hydroxyl groups is 1. The Hall–Kier alpha value is -2.29. The Balaban J connectivity index is 0.000000419. The molecule has 0 saturated carbocycles. The summed E-state index contributed by atoms with van der Waals surface area (Å²) in [5, 5.41) is 11.6. The van der Waals surface area contributed by atoms with Crippen molar-refractivity contribution < 1.29 is 32.7 Å². The first kappa shape index (κ1) is 30.3. The Morgan fingerprint density at radius 2 is 1.74 bits per heavy atom. The number of aryl methyl sites for hydroxylation is 2. The zero-order chi connectivity index (χ0) is 29.5. The van der Waals surface area contributed by atoms with E-state index in [1.54, 1.807) is 0 Å². The molecule has 0 saturated heterocycles. The molecule has 0 bridgehead atoms. The molecule has 0 amide bonds. The van der Waals surface area contributed by atoms with Crippen molar-refractivity contribution in [1.29, 1.82) is 0 Å². The van der Waals surface area contributed by atoms with Gasteiger partial charge in [0, 0.05) is 43.7 Å². The number of aliphatic hydroxyl groups excluding tert-OH is 1. The van der Waals surface area contributed by atoms with Crippen molar-refractivity contribution >= 4 is 16.6 Å². The van der Waals surface area contributed by atoms with Crippen LogP contribution in [0.4, 0.5) is 0 Å². The minimum absolute atomic E-state index is 0. The van der Waals surface area contributed by atoms with Crippen LogP contribution in [0.3, 0.4) is 0 Å². The largest absolute Gasteiger partial charge is 0.512 e. The maximum atomic E-state index is 12.0. The van der Waals surface area contributed by atoms with Crippen molar-refractivity contribution in [3.8, 4) is 11.3 Å². The van der Waals surface area contributed by atoms with Crippen LogP contribution in [0.15, 0.2) is 54.4 Å². The average molecular weight is 695 g/mol. The predicted molar refractivity (Wildman–Crippen MR) is 158 cm³/mol. The van der Waals surface area contributed by atoms with Crippen molar-refractivity contribution in [2.45, 2.75) is 93.9 Å². The van der Waals surface area contributed by atoms with Gasteiger partial charge in [-0.2, -0.15) is 0 Å². The molecule has 0 spiro atoms. The van der Waals surface area contributed by atoms with Crippen LogP contribution in [0.2, 0.25) is 0 Å². The molecule has 0 atom stereocenters. The Labute approximate surface area is 247 Å². The van der Waals surface area contributed by atoms with E-state index in [0.29, 0.717) is 5.92 Å². The smallest absolute Gasteiger partial charge is 0.164 e. The fourth-order valence-corrected chi connectivity index (χ4v) is 4.40. The van der Waals surface area contributed by atoms with Crippen molar-refractivity contribution in [1.82, 2.24) is 4.98 Å². The third-order valence-electron chi connectivity index (χ3n) is 7.57. The first-order valence-corrected chi connectivity index (χ1v) is 13.7. The van der Waals surface area contributed by atoms with Crippen LogP contribution in [0.5, 0.6) is 0 Å². The molecule has 209 valence electrons. The van der Waals surface area contributed by atoms with Crippen LogP contribution >= 0.6 is 0 Å². The SMILES string of the molecule is CCC(CC)/C(O)=C/C(=O)C(C)(CC)CC.[2H]c1nc(-c2[c-]c(C)cc(C)c2)c2ccc(C(C)C)cc2c1[2H].[Ir]. The molecular weight excluding hydrogens is 647 g/mol. The molecule has 3 aromatic rings. The van der Waals surface area contributed by atoms with Gasteiger partial charge in [-0.1, -0.05) is 80.5 Å². The van der Waals surface area contributed by atoms with Gasteiger partial charge >= 0.3 is 0 Å². The molecule has 1 radical (unpaired) electrons. The molecule has 4 heteroatoms. The standard InChI is InChI=1S/C20H20N.C14H26O2.Ir/c1-13(2)16-5-6-19-17(12-16)7-8-21-20(19)18-10-14(3)9-15(4)11-18;1-6-11(7-2)12(15)10-13(16)14(5,8-3)9-4;/h5-10,12-13H,1-4H3;10-11,15H,6-9H2,1-5H3;/q-1;;/b;12-10-;/i7D,8D;;. The van der Waals surface area contributed by atoms with Gasteiger partial charge in [0.25, 0.3) is 0 Å². The number of hydrogen-bond acceptors (Lipinski definition) is 3. The molecular formula is C34H46IrNO2-. The summed E-state index contributed by atoms with van der Waals surface area (Å²) in [6.07, 6.45) is 4.85. The first-order valence-electron chi connectivity index (χ1n) is 14.7. The van der Waals surface area contributed by atoms with Gasteiger partial charge in [-0.15, -0.1) is 34.9 Å². The van der Waals surface area contributed by atoms with E-state index in [2.05, 4.69) is 37.0 Å². The maximum absolute atomic E-state index is 12.0. The minimum atomic E-state index is -0.319.